The molecule has 2 heterocycles. The van der Waals surface area contributed by atoms with E-state index in [0.717, 1.165) is 0 Å². The van der Waals surface area contributed by atoms with Crippen molar-refractivity contribution in [1.82, 2.24) is 19.1 Å². The number of nitrogens with one attached hydrogen (secondary N) is 2. The van der Waals surface area contributed by atoms with Crippen LogP contribution in [0.1, 0.15) is 48.9 Å². The van der Waals surface area contributed by atoms with Gasteiger partial charge in [0.25, 0.3) is 5.91 Å². The van der Waals surface area contributed by atoms with Crippen LogP contribution in [0.25, 0.3) is 0 Å². The predicted octanol–water partition coefficient (Wildman–Crippen LogP) is 1.93. The molecule has 152 valence electrons. The fraction of sp³-hybridized carbons (Fsp3) is 0.471. The summed E-state index contributed by atoms with van der Waals surface area (Å²) >= 11 is 0. The zero-order valence-electron chi connectivity index (χ0n) is 16.7. The molecule has 0 spiro atoms. The van der Waals surface area contributed by atoms with Crippen molar-refractivity contribution in [2.45, 2.75) is 33.3 Å². The molecule has 0 aromatic carbocycles. The maximum atomic E-state index is 12.5. The molecule has 2 aromatic rings. The third-order valence-electron chi connectivity index (χ3n) is 3.28. The van der Waals surface area contributed by atoms with Gasteiger partial charge in [-0.15, -0.1) is 0 Å². The molecule has 0 aliphatic carbocycles. The van der Waals surface area contributed by atoms with Crippen molar-refractivity contribution in [3.8, 4) is 0 Å². The van der Waals surface area contributed by atoms with E-state index in [0.29, 0.717) is 0 Å². The molecule has 11 heteroatoms. The van der Waals surface area contributed by atoms with Crippen LogP contribution in [0, 0.1) is 0 Å². The monoisotopic (exact) mass is 392 g/mol. The van der Waals surface area contributed by atoms with Gasteiger partial charge in [-0.2, -0.15) is 0 Å². The second-order valence-electron chi connectivity index (χ2n) is 6.92. The highest BCUT2D eigenvalue weighted by Gasteiger charge is 2.21. The summed E-state index contributed by atoms with van der Waals surface area (Å²) in [7, 11) is 3.21. The predicted molar refractivity (Wildman–Crippen MR) is 100 cm³/mol. The standard InChI is InChI=1S/C17H24N6O5/c1-7-27-15(25)13-19-10(8-23(13)6)20-14(24)12-18-11(9-22(12)5)21-16(26)28-17(2,3)4/h8-9H,7H2,1-6H3,(H,20,24)(H,21,26). The second kappa shape index (κ2) is 8.11. The third kappa shape index (κ3) is 5.32. The molecule has 2 aromatic heterocycles. The van der Waals surface area contributed by atoms with Gasteiger partial charge in [0.15, 0.2) is 11.6 Å². The molecule has 2 rings (SSSR count). The number of nitrogens with zero attached hydrogens (tertiary/aromatic N) is 4. The Hall–Kier alpha value is -3.37. The van der Waals surface area contributed by atoms with Crippen LogP contribution < -0.4 is 10.6 Å². The third-order valence-corrected chi connectivity index (χ3v) is 3.28. The van der Waals surface area contributed by atoms with Crippen molar-refractivity contribution >= 4 is 29.6 Å². The quantitative estimate of drug-likeness (QED) is 0.744. The first-order valence-corrected chi connectivity index (χ1v) is 8.55. The molecule has 0 aliphatic heterocycles. The first-order valence-electron chi connectivity index (χ1n) is 8.55. The maximum Gasteiger partial charge on any atom is 0.413 e. The number of hydrogen-bond acceptors (Lipinski definition) is 7. The van der Waals surface area contributed by atoms with Crippen molar-refractivity contribution in [1.29, 1.82) is 0 Å². The smallest absolute Gasteiger partial charge is 0.413 e. The molecule has 2 N–H and O–H groups in total. The average Bonchev–Trinajstić information content (AvgIpc) is 3.08. The van der Waals surface area contributed by atoms with Crippen LogP contribution >= 0.6 is 0 Å². The molecular weight excluding hydrogens is 368 g/mol. The van der Waals surface area contributed by atoms with Crippen molar-refractivity contribution in [3.63, 3.8) is 0 Å². The Bertz CT molecular complexity index is 892. The summed E-state index contributed by atoms with van der Waals surface area (Å²) in [5, 5.41) is 5.02. The molecule has 0 aliphatic rings. The van der Waals surface area contributed by atoms with E-state index in [9.17, 15) is 14.4 Å². The van der Waals surface area contributed by atoms with Gasteiger partial charge in [0.05, 0.1) is 6.61 Å². The number of aryl methyl sites for hydroxylation is 2. The van der Waals surface area contributed by atoms with Crippen molar-refractivity contribution < 1.29 is 23.9 Å². The first-order chi connectivity index (χ1) is 13.0. The maximum absolute atomic E-state index is 12.5. The summed E-state index contributed by atoms with van der Waals surface area (Å²) in [5.41, 5.74) is -0.658. The highest BCUT2D eigenvalue weighted by atomic mass is 16.6. The van der Waals surface area contributed by atoms with E-state index in [2.05, 4.69) is 20.6 Å². The molecule has 2 amide bonds. The molecule has 0 atom stereocenters. The summed E-state index contributed by atoms with van der Waals surface area (Å²) in [6.07, 6.45) is 2.27. The number of aromatic nitrogens is 4. The van der Waals surface area contributed by atoms with Gasteiger partial charge < -0.3 is 23.9 Å². The van der Waals surface area contributed by atoms with Gasteiger partial charge >= 0.3 is 12.1 Å². The second-order valence-corrected chi connectivity index (χ2v) is 6.92. The normalized spacial score (nSPS) is 11.1. The number of hydrogen-bond donors (Lipinski definition) is 2. The zero-order valence-corrected chi connectivity index (χ0v) is 16.7. The lowest BCUT2D eigenvalue weighted by Gasteiger charge is -2.18. The van der Waals surface area contributed by atoms with E-state index in [-0.39, 0.29) is 29.9 Å². The molecular formula is C17H24N6O5. The molecule has 0 radical (unpaired) electrons. The number of ether oxygens (including phenoxy) is 2. The van der Waals surface area contributed by atoms with E-state index in [1.807, 2.05) is 0 Å². The lowest BCUT2D eigenvalue weighted by Crippen LogP contribution is -2.27. The molecule has 11 nitrogen and oxygen atoms in total. The lowest BCUT2D eigenvalue weighted by atomic mass is 10.2. The Morgan fingerprint density at radius 1 is 1.00 bits per heavy atom. The Kier molecular flexibility index (Phi) is 6.06. The highest BCUT2D eigenvalue weighted by Crippen LogP contribution is 2.14. The minimum Gasteiger partial charge on any atom is -0.460 e. The summed E-state index contributed by atoms with van der Waals surface area (Å²) in [6, 6.07) is 0. The Morgan fingerprint density at radius 3 is 2.11 bits per heavy atom. The van der Waals surface area contributed by atoms with Crippen LogP contribution in [-0.4, -0.2) is 49.3 Å². The summed E-state index contributed by atoms with van der Waals surface area (Å²) < 4.78 is 12.9. The first kappa shape index (κ1) is 20.9. The Labute approximate surface area is 162 Å². The number of carbonyl (C=O) groups excluding carboxylic acids is 3. The van der Waals surface area contributed by atoms with Crippen LogP contribution in [0.4, 0.5) is 16.4 Å². The van der Waals surface area contributed by atoms with E-state index in [1.54, 1.807) is 41.8 Å². The number of rotatable bonds is 5. The van der Waals surface area contributed by atoms with Crippen molar-refractivity contribution in [2.75, 3.05) is 17.2 Å². The van der Waals surface area contributed by atoms with Gasteiger partial charge in [-0.05, 0) is 27.7 Å². The van der Waals surface area contributed by atoms with Crippen molar-refractivity contribution in [3.05, 3.63) is 24.0 Å². The zero-order chi connectivity index (χ0) is 21.1. The molecule has 0 fully saturated rings. The Balaban J connectivity index is 2.09. The van der Waals surface area contributed by atoms with E-state index >= 15 is 0 Å². The van der Waals surface area contributed by atoms with Crippen LogP contribution in [0.15, 0.2) is 12.4 Å². The van der Waals surface area contributed by atoms with E-state index < -0.39 is 23.6 Å². The van der Waals surface area contributed by atoms with Gasteiger partial charge in [-0.1, -0.05) is 0 Å². The molecule has 0 saturated heterocycles. The van der Waals surface area contributed by atoms with Gasteiger partial charge in [-0.3, -0.25) is 10.1 Å². The molecule has 0 unspecified atom stereocenters. The summed E-state index contributed by atoms with van der Waals surface area (Å²) in [5.74, 6) is -0.728. The summed E-state index contributed by atoms with van der Waals surface area (Å²) in [4.78, 5) is 44.2. The number of anilines is 2. The molecule has 28 heavy (non-hydrogen) atoms. The number of carbonyl (C=O) groups is 3. The largest absolute Gasteiger partial charge is 0.460 e. The number of esters is 1. The van der Waals surface area contributed by atoms with E-state index in [1.165, 1.54) is 21.5 Å². The van der Waals surface area contributed by atoms with Gasteiger partial charge in [0.1, 0.15) is 5.60 Å². The fourth-order valence-electron chi connectivity index (χ4n) is 2.23. The fourth-order valence-corrected chi connectivity index (χ4v) is 2.23. The molecule has 0 saturated carbocycles. The van der Waals surface area contributed by atoms with Gasteiger partial charge in [0, 0.05) is 26.5 Å². The van der Waals surface area contributed by atoms with Gasteiger partial charge in [0.2, 0.25) is 11.6 Å². The van der Waals surface area contributed by atoms with Gasteiger partial charge in [-0.25, -0.2) is 19.6 Å². The van der Waals surface area contributed by atoms with Crippen LogP contribution in [0.2, 0.25) is 0 Å². The average molecular weight is 392 g/mol. The summed E-state index contributed by atoms with van der Waals surface area (Å²) in [6.45, 7) is 7.12. The number of imidazole rings is 2. The Morgan fingerprint density at radius 2 is 1.54 bits per heavy atom. The molecule has 0 bridgehead atoms. The number of amides is 2. The van der Waals surface area contributed by atoms with Crippen LogP contribution in [0.3, 0.4) is 0 Å². The minimum absolute atomic E-state index is 0.0365. The van der Waals surface area contributed by atoms with Crippen LogP contribution in [-0.2, 0) is 23.6 Å². The van der Waals surface area contributed by atoms with Crippen LogP contribution in [0.5, 0.6) is 0 Å². The SMILES string of the molecule is CCOC(=O)c1nc(NC(=O)c2nc(NC(=O)OC(C)(C)C)cn2C)cn1C. The van der Waals surface area contributed by atoms with Crippen molar-refractivity contribution in [2.24, 2.45) is 14.1 Å². The highest BCUT2D eigenvalue weighted by molar-refractivity contribution is 6.02. The lowest BCUT2D eigenvalue weighted by molar-refractivity contribution is 0.0507. The minimum atomic E-state index is -0.679. The van der Waals surface area contributed by atoms with E-state index in [4.69, 9.17) is 9.47 Å². The topological polar surface area (TPSA) is 129 Å².